The minimum atomic E-state index is -1.10. The molecule has 0 bridgehead atoms. The predicted octanol–water partition coefficient (Wildman–Crippen LogP) is 3.75. The summed E-state index contributed by atoms with van der Waals surface area (Å²) in [5, 5.41) is 28.0. The molecule has 1 aliphatic heterocycles. The summed E-state index contributed by atoms with van der Waals surface area (Å²) < 4.78 is 16.5. The number of piperidine rings is 1. The molecule has 33 heavy (non-hydrogen) atoms. The lowest BCUT2D eigenvalue weighted by Crippen LogP contribution is -2.38. The van der Waals surface area contributed by atoms with Crippen molar-refractivity contribution in [2.45, 2.75) is 19.3 Å². The van der Waals surface area contributed by atoms with Gasteiger partial charge in [-0.05, 0) is 54.7 Å². The predicted molar refractivity (Wildman–Crippen MR) is 120 cm³/mol. The van der Waals surface area contributed by atoms with Gasteiger partial charge in [0.05, 0.1) is 38.2 Å². The van der Waals surface area contributed by atoms with E-state index in [0.717, 1.165) is 0 Å². The number of allylic oxidation sites excluding steroid dienone is 1. The van der Waals surface area contributed by atoms with Crippen LogP contribution in [0.15, 0.2) is 34.7 Å². The number of anilines is 1. The van der Waals surface area contributed by atoms with Gasteiger partial charge in [0.1, 0.15) is 5.76 Å². The highest BCUT2D eigenvalue weighted by molar-refractivity contribution is 5.89. The topological polar surface area (TPSA) is 133 Å². The highest BCUT2D eigenvalue weighted by atomic mass is 16.5. The van der Waals surface area contributed by atoms with Crippen molar-refractivity contribution >= 4 is 29.5 Å². The summed E-state index contributed by atoms with van der Waals surface area (Å²) >= 11 is 0. The monoisotopic (exact) mass is 454 g/mol. The van der Waals surface area contributed by atoms with Gasteiger partial charge in [-0.2, -0.15) is 5.26 Å². The fraction of sp³-hybridized carbons (Fsp3) is 0.375. The smallest absolute Gasteiger partial charge is 0.307 e. The molecule has 9 heteroatoms. The van der Waals surface area contributed by atoms with Crippen molar-refractivity contribution in [2.24, 2.45) is 11.8 Å². The SMILES string of the molecule is COc1ccc(C(C#N)=Cc2ccc(N3CCC(C(CC(=O)O)C(=O)O)CC3)o2)cc1OC. The number of carboxylic acid groups (broad SMARTS) is 2. The van der Waals surface area contributed by atoms with E-state index in [-0.39, 0.29) is 12.3 Å². The lowest BCUT2D eigenvalue weighted by atomic mass is 9.82. The van der Waals surface area contributed by atoms with Crippen LogP contribution in [0.3, 0.4) is 0 Å². The van der Waals surface area contributed by atoms with Gasteiger partial charge in [0.25, 0.3) is 0 Å². The number of ether oxygens (including phenoxy) is 2. The molecule has 9 nitrogen and oxygen atoms in total. The Morgan fingerprint density at radius 1 is 1.18 bits per heavy atom. The molecule has 0 aliphatic carbocycles. The molecule has 0 saturated carbocycles. The van der Waals surface area contributed by atoms with Crippen LogP contribution in [0, 0.1) is 23.2 Å². The van der Waals surface area contributed by atoms with Gasteiger partial charge >= 0.3 is 11.9 Å². The molecule has 2 heterocycles. The van der Waals surface area contributed by atoms with E-state index in [2.05, 4.69) is 6.07 Å². The maximum absolute atomic E-state index is 11.5. The molecule has 3 rings (SSSR count). The number of aliphatic carboxylic acids is 2. The van der Waals surface area contributed by atoms with Crippen molar-refractivity contribution in [3.63, 3.8) is 0 Å². The molecule has 1 aromatic carbocycles. The first-order chi connectivity index (χ1) is 15.9. The second-order valence-corrected chi connectivity index (χ2v) is 7.78. The highest BCUT2D eigenvalue weighted by Gasteiger charge is 2.33. The van der Waals surface area contributed by atoms with Crippen molar-refractivity contribution in [1.29, 1.82) is 5.26 Å². The Hall–Kier alpha value is -3.93. The Morgan fingerprint density at radius 3 is 2.45 bits per heavy atom. The second-order valence-electron chi connectivity index (χ2n) is 7.78. The molecule has 1 aromatic heterocycles. The summed E-state index contributed by atoms with van der Waals surface area (Å²) in [5.41, 5.74) is 1.06. The zero-order valence-corrected chi connectivity index (χ0v) is 18.5. The fourth-order valence-corrected chi connectivity index (χ4v) is 4.08. The van der Waals surface area contributed by atoms with Crippen LogP contribution < -0.4 is 14.4 Å². The van der Waals surface area contributed by atoms with Crippen LogP contribution in [0.5, 0.6) is 11.5 Å². The van der Waals surface area contributed by atoms with Crippen molar-refractivity contribution in [1.82, 2.24) is 0 Å². The minimum Gasteiger partial charge on any atom is -0.493 e. The van der Waals surface area contributed by atoms with E-state index in [1.165, 1.54) is 7.11 Å². The molecular weight excluding hydrogens is 428 g/mol. The Kier molecular flexibility index (Phi) is 7.61. The highest BCUT2D eigenvalue weighted by Crippen LogP contribution is 2.33. The van der Waals surface area contributed by atoms with Gasteiger partial charge in [0.2, 0.25) is 0 Å². The quantitative estimate of drug-likeness (QED) is 0.543. The van der Waals surface area contributed by atoms with Crippen LogP contribution in [0.25, 0.3) is 11.6 Å². The average molecular weight is 454 g/mol. The minimum absolute atomic E-state index is 0.195. The first-order valence-corrected chi connectivity index (χ1v) is 10.5. The van der Waals surface area contributed by atoms with Crippen molar-refractivity contribution in [3.8, 4) is 17.6 Å². The number of hydrogen-bond acceptors (Lipinski definition) is 7. The van der Waals surface area contributed by atoms with E-state index in [4.69, 9.17) is 19.0 Å². The Balaban J connectivity index is 1.71. The summed E-state index contributed by atoms with van der Waals surface area (Å²) in [6.45, 7) is 1.12. The van der Waals surface area contributed by atoms with Gasteiger partial charge in [-0.15, -0.1) is 0 Å². The first-order valence-electron chi connectivity index (χ1n) is 10.5. The number of hydrogen-bond donors (Lipinski definition) is 2. The number of carbonyl (C=O) groups is 2. The lowest BCUT2D eigenvalue weighted by molar-refractivity contribution is -0.150. The zero-order chi connectivity index (χ0) is 24.0. The molecular formula is C24H26N2O7. The fourth-order valence-electron chi connectivity index (χ4n) is 4.08. The van der Waals surface area contributed by atoms with Gasteiger partial charge in [0, 0.05) is 19.2 Å². The number of nitriles is 1. The van der Waals surface area contributed by atoms with E-state index in [1.807, 2.05) is 11.0 Å². The molecule has 1 fully saturated rings. The maximum Gasteiger partial charge on any atom is 0.307 e. The summed E-state index contributed by atoms with van der Waals surface area (Å²) in [6.07, 6.45) is 2.39. The van der Waals surface area contributed by atoms with Crippen LogP contribution in [0.4, 0.5) is 5.88 Å². The van der Waals surface area contributed by atoms with Crippen LogP contribution >= 0.6 is 0 Å². The Labute approximate surface area is 191 Å². The molecule has 174 valence electrons. The standard InChI is InChI=1S/C24H26N2O7/c1-31-20-5-3-16(12-21(20)32-2)17(14-25)11-18-4-6-22(33-18)26-9-7-15(8-10-26)19(24(29)30)13-23(27)28/h3-6,11-12,15,19H,7-10,13H2,1-2H3,(H,27,28)(H,29,30). The number of carboxylic acids is 2. The third-order valence-electron chi connectivity index (χ3n) is 5.85. The van der Waals surface area contributed by atoms with Gasteiger partial charge in [0.15, 0.2) is 17.4 Å². The first kappa shape index (κ1) is 23.7. The lowest BCUT2D eigenvalue weighted by Gasteiger charge is -2.34. The molecule has 2 N–H and O–H groups in total. The Bertz CT molecular complexity index is 1070. The van der Waals surface area contributed by atoms with Gasteiger partial charge in [-0.1, -0.05) is 0 Å². The van der Waals surface area contributed by atoms with Crippen LogP contribution in [-0.4, -0.2) is 49.5 Å². The molecule has 1 unspecified atom stereocenters. The number of furan rings is 1. The second kappa shape index (κ2) is 10.6. The van der Waals surface area contributed by atoms with E-state index in [0.29, 0.717) is 60.2 Å². The third-order valence-corrected chi connectivity index (χ3v) is 5.85. The largest absolute Gasteiger partial charge is 0.493 e. The number of nitrogens with zero attached hydrogens (tertiary/aromatic N) is 2. The van der Waals surface area contributed by atoms with Gasteiger partial charge in [-0.3, -0.25) is 9.59 Å². The summed E-state index contributed by atoms with van der Waals surface area (Å²) in [5.74, 6) is -1.05. The van der Waals surface area contributed by atoms with Gasteiger partial charge in [-0.25, -0.2) is 0 Å². The molecule has 1 aliphatic rings. The van der Waals surface area contributed by atoms with Crippen molar-refractivity contribution < 1.29 is 33.7 Å². The van der Waals surface area contributed by atoms with E-state index < -0.39 is 17.9 Å². The normalized spacial score (nSPS) is 15.5. The van der Waals surface area contributed by atoms with Crippen LogP contribution in [-0.2, 0) is 9.59 Å². The van der Waals surface area contributed by atoms with Crippen molar-refractivity contribution in [2.75, 3.05) is 32.2 Å². The molecule has 0 spiro atoms. The van der Waals surface area contributed by atoms with E-state index >= 15 is 0 Å². The number of methoxy groups -OCH3 is 2. The molecule has 0 radical (unpaired) electrons. The number of benzene rings is 1. The molecule has 1 saturated heterocycles. The summed E-state index contributed by atoms with van der Waals surface area (Å²) in [7, 11) is 3.07. The third kappa shape index (κ3) is 5.66. The number of rotatable bonds is 9. The zero-order valence-electron chi connectivity index (χ0n) is 18.5. The molecule has 2 aromatic rings. The summed E-state index contributed by atoms with van der Waals surface area (Å²) in [4.78, 5) is 24.5. The van der Waals surface area contributed by atoms with Crippen LogP contribution in [0.2, 0.25) is 0 Å². The van der Waals surface area contributed by atoms with Crippen molar-refractivity contribution in [3.05, 3.63) is 41.7 Å². The van der Waals surface area contributed by atoms with Gasteiger partial charge < -0.3 is 29.0 Å². The maximum atomic E-state index is 11.5. The molecule has 1 atom stereocenters. The van der Waals surface area contributed by atoms with E-state index in [1.54, 1.807) is 37.5 Å². The summed E-state index contributed by atoms with van der Waals surface area (Å²) in [6, 6.07) is 11.0. The average Bonchev–Trinajstić information content (AvgIpc) is 3.29. The molecule has 0 amide bonds. The van der Waals surface area contributed by atoms with E-state index in [9.17, 15) is 20.0 Å². The van der Waals surface area contributed by atoms with Crippen LogP contribution in [0.1, 0.15) is 30.6 Å². The Morgan fingerprint density at radius 2 is 1.88 bits per heavy atom.